The molecular weight excluding hydrogens is 440 g/mol. The van der Waals surface area contributed by atoms with Crippen molar-refractivity contribution in [3.63, 3.8) is 0 Å². The summed E-state index contributed by atoms with van der Waals surface area (Å²) in [6.07, 6.45) is -4.38. The average Bonchev–Trinajstić information content (AvgIpc) is 2.66. The number of halogens is 6. The molecule has 20 heavy (non-hydrogen) atoms. The van der Waals surface area contributed by atoms with Gasteiger partial charge in [0.15, 0.2) is 0 Å². The van der Waals surface area contributed by atoms with Gasteiger partial charge in [0, 0.05) is 18.7 Å². The third kappa shape index (κ3) is 3.40. The van der Waals surface area contributed by atoms with Crippen molar-refractivity contribution in [1.29, 1.82) is 0 Å². The van der Waals surface area contributed by atoms with E-state index in [0.29, 0.717) is 10.0 Å². The molecule has 0 radical (unpaired) electrons. The largest absolute Gasteiger partial charge is 0.416 e. The Kier molecular flexibility index (Phi) is 4.89. The second-order valence-corrected chi connectivity index (χ2v) is 7.60. The summed E-state index contributed by atoms with van der Waals surface area (Å²) in [5.74, 6) is 0. The molecule has 0 aliphatic rings. The molecule has 0 saturated heterocycles. The minimum Gasteiger partial charge on any atom is -0.166 e. The molecule has 0 bridgehead atoms. The van der Waals surface area contributed by atoms with E-state index in [4.69, 9.17) is 11.6 Å². The van der Waals surface area contributed by atoms with E-state index in [1.165, 1.54) is 17.4 Å². The standard InChI is InChI=1S/C13H8Br2ClF3S/c1-6-4-10(15)12(20-6)11(16)8-5-7(13(17,18)19)2-3-9(8)14/h2-5,11H,1H3. The van der Waals surface area contributed by atoms with Crippen LogP contribution in [0.3, 0.4) is 0 Å². The second kappa shape index (κ2) is 5.99. The smallest absolute Gasteiger partial charge is 0.166 e. The van der Waals surface area contributed by atoms with Crippen molar-refractivity contribution in [3.05, 3.63) is 54.1 Å². The Morgan fingerprint density at radius 1 is 1.15 bits per heavy atom. The fourth-order valence-corrected chi connectivity index (χ4v) is 4.78. The van der Waals surface area contributed by atoms with Gasteiger partial charge in [-0.1, -0.05) is 15.9 Å². The molecule has 0 nitrogen and oxygen atoms in total. The highest BCUT2D eigenvalue weighted by atomic mass is 79.9. The first-order valence-corrected chi connectivity index (χ1v) is 8.30. The van der Waals surface area contributed by atoms with Gasteiger partial charge in [-0.25, -0.2) is 0 Å². The van der Waals surface area contributed by atoms with Gasteiger partial charge >= 0.3 is 6.18 Å². The molecule has 0 spiro atoms. The highest BCUT2D eigenvalue weighted by molar-refractivity contribution is 9.10. The third-order valence-electron chi connectivity index (χ3n) is 2.66. The number of hydrogen-bond donors (Lipinski definition) is 0. The fraction of sp³-hybridized carbons (Fsp3) is 0.231. The quantitative estimate of drug-likeness (QED) is 0.437. The number of benzene rings is 1. The van der Waals surface area contributed by atoms with Gasteiger partial charge in [-0.15, -0.1) is 22.9 Å². The summed E-state index contributed by atoms with van der Waals surface area (Å²) >= 11 is 14.5. The molecule has 1 aromatic carbocycles. The van der Waals surface area contributed by atoms with E-state index in [0.717, 1.165) is 26.4 Å². The Morgan fingerprint density at radius 3 is 2.30 bits per heavy atom. The number of alkyl halides is 4. The molecule has 0 N–H and O–H groups in total. The van der Waals surface area contributed by atoms with Crippen LogP contribution in [0, 0.1) is 6.92 Å². The van der Waals surface area contributed by atoms with E-state index >= 15 is 0 Å². The van der Waals surface area contributed by atoms with Crippen LogP contribution in [0.2, 0.25) is 0 Å². The predicted molar refractivity (Wildman–Crippen MR) is 83.6 cm³/mol. The molecule has 2 rings (SSSR count). The Morgan fingerprint density at radius 2 is 1.80 bits per heavy atom. The molecule has 7 heteroatoms. The lowest BCUT2D eigenvalue weighted by atomic mass is 10.1. The summed E-state index contributed by atoms with van der Waals surface area (Å²) in [6.45, 7) is 1.92. The molecule has 1 aromatic heterocycles. The molecule has 0 fully saturated rings. The van der Waals surface area contributed by atoms with Crippen molar-refractivity contribution in [1.82, 2.24) is 0 Å². The number of thiophene rings is 1. The maximum atomic E-state index is 12.8. The normalized spacial score (nSPS) is 13.6. The number of hydrogen-bond acceptors (Lipinski definition) is 1. The summed E-state index contributed by atoms with van der Waals surface area (Å²) in [7, 11) is 0. The lowest BCUT2D eigenvalue weighted by Gasteiger charge is -2.14. The molecule has 0 aliphatic carbocycles. The van der Waals surface area contributed by atoms with Crippen molar-refractivity contribution in [2.45, 2.75) is 18.5 Å². The van der Waals surface area contributed by atoms with Gasteiger partial charge in [-0.05, 0) is 52.7 Å². The number of aryl methyl sites for hydroxylation is 1. The maximum absolute atomic E-state index is 12.8. The minimum absolute atomic E-state index is 0.407. The average molecular weight is 449 g/mol. The van der Waals surface area contributed by atoms with Gasteiger partial charge < -0.3 is 0 Å². The van der Waals surface area contributed by atoms with Crippen LogP contribution in [0.1, 0.15) is 26.3 Å². The molecule has 1 unspecified atom stereocenters. The van der Waals surface area contributed by atoms with Crippen LogP contribution >= 0.6 is 54.8 Å². The van der Waals surface area contributed by atoms with Crippen molar-refractivity contribution >= 4 is 54.8 Å². The molecule has 1 heterocycles. The van der Waals surface area contributed by atoms with E-state index in [2.05, 4.69) is 31.9 Å². The van der Waals surface area contributed by atoms with Gasteiger partial charge in [-0.2, -0.15) is 13.2 Å². The lowest BCUT2D eigenvalue weighted by Crippen LogP contribution is -2.06. The SMILES string of the molecule is Cc1cc(Br)c(C(Cl)c2cc(C(F)(F)F)ccc2Br)s1. The van der Waals surface area contributed by atoms with Crippen LogP contribution < -0.4 is 0 Å². The fourth-order valence-electron chi connectivity index (χ4n) is 1.73. The predicted octanol–water partition coefficient (Wildman–Crippen LogP) is 6.93. The summed E-state index contributed by atoms with van der Waals surface area (Å²) < 4.78 is 39.7. The first-order chi connectivity index (χ1) is 9.20. The Balaban J connectivity index is 2.49. The Bertz CT molecular complexity index is 637. The van der Waals surface area contributed by atoms with Crippen LogP contribution in [0.5, 0.6) is 0 Å². The van der Waals surface area contributed by atoms with Gasteiger partial charge in [0.05, 0.1) is 10.9 Å². The summed E-state index contributed by atoms with van der Waals surface area (Å²) in [6, 6.07) is 5.40. The van der Waals surface area contributed by atoms with E-state index < -0.39 is 17.1 Å². The highest BCUT2D eigenvalue weighted by Gasteiger charge is 2.32. The highest BCUT2D eigenvalue weighted by Crippen LogP contribution is 2.43. The Labute approximate surface area is 140 Å². The van der Waals surface area contributed by atoms with Crippen molar-refractivity contribution in [2.75, 3.05) is 0 Å². The monoisotopic (exact) mass is 446 g/mol. The zero-order chi connectivity index (χ0) is 15.1. The van der Waals surface area contributed by atoms with Gasteiger partial charge in [-0.3, -0.25) is 0 Å². The van der Waals surface area contributed by atoms with E-state index in [1.54, 1.807) is 0 Å². The third-order valence-corrected chi connectivity index (χ3v) is 6.00. The zero-order valence-corrected chi connectivity index (χ0v) is 14.8. The van der Waals surface area contributed by atoms with Crippen molar-refractivity contribution < 1.29 is 13.2 Å². The summed E-state index contributed by atoms with van der Waals surface area (Å²) in [5.41, 5.74) is -0.296. The van der Waals surface area contributed by atoms with E-state index in [1.807, 2.05) is 13.0 Å². The zero-order valence-electron chi connectivity index (χ0n) is 10.1. The van der Waals surface area contributed by atoms with Crippen LogP contribution in [-0.4, -0.2) is 0 Å². The molecule has 108 valence electrons. The molecule has 2 aromatic rings. The first kappa shape index (κ1) is 16.3. The topological polar surface area (TPSA) is 0 Å². The van der Waals surface area contributed by atoms with Gasteiger partial charge in [0.25, 0.3) is 0 Å². The van der Waals surface area contributed by atoms with Crippen LogP contribution in [0.4, 0.5) is 13.2 Å². The van der Waals surface area contributed by atoms with Crippen LogP contribution in [0.25, 0.3) is 0 Å². The van der Waals surface area contributed by atoms with Gasteiger partial charge in [0.2, 0.25) is 0 Å². The number of rotatable bonds is 2. The maximum Gasteiger partial charge on any atom is 0.416 e. The van der Waals surface area contributed by atoms with E-state index in [9.17, 15) is 13.2 Å². The lowest BCUT2D eigenvalue weighted by molar-refractivity contribution is -0.137. The summed E-state index contributed by atoms with van der Waals surface area (Å²) in [5, 5.41) is -0.639. The molecule has 1 atom stereocenters. The van der Waals surface area contributed by atoms with Crippen LogP contribution in [0.15, 0.2) is 33.2 Å². The molecule has 0 aliphatic heterocycles. The summed E-state index contributed by atoms with van der Waals surface area (Å²) in [4.78, 5) is 1.84. The second-order valence-electron chi connectivity index (χ2n) is 4.17. The molecule has 0 amide bonds. The minimum atomic E-state index is -4.38. The van der Waals surface area contributed by atoms with Gasteiger partial charge in [0.1, 0.15) is 0 Å². The van der Waals surface area contributed by atoms with Crippen LogP contribution in [-0.2, 0) is 6.18 Å². The van der Waals surface area contributed by atoms with Crippen molar-refractivity contribution in [3.8, 4) is 0 Å². The molecular formula is C13H8Br2ClF3S. The Hall–Kier alpha value is -0.0400. The molecule has 0 saturated carbocycles. The van der Waals surface area contributed by atoms with E-state index in [-0.39, 0.29) is 0 Å². The van der Waals surface area contributed by atoms with Crippen molar-refractivity contribution in [2.24, 2.45) is 0 Å². The first-order valence-electron chi connectivity index (χ1n) is 5.46.